The molecule has 0 heterocycles. The zero-order valence-corrected chi connectivity index (χ0v) is 16.6. The maximum Gasteiger partial charge on any atom is 0.240 e. The molecule has 0 aliphatic heterocycles. The number of nitrogens with one attached hydrogen (secondary N) is 3. The Bertz CT molecular complexity index is 1020. The molecule has 2 rings (SSSR count). The first kappa shape index (κ1) is 22.0. The molecule has 2 aromatic rings. The predicted molar refractivity (Wildman–Crippen MR) is 102 cm³/mol. The van der Waals surface area contributed by atoms with Crippen molar-refractivity contribution in [3.8, 4) is 0 Å². The Kier molecular flexibility index (Phi) is 7.24. The molecule has 0 aromatic heterocycles. The van der Waals surface area contributed by atoms with Crippen LogP contribution in [0.1, 0.15) is 12.8 Å². The van der Waals surface area contributed by atoms with Crippen molar-refractivity contribution in [2.75, 3.05) is 18.9 Å². The summed E-state index contributed by atoms with van der Waals surface area (Å²) in [5.74, 6) is -0.877. The van der Waals surface area contributed by atoms with Crippen LogP contribution in [-0.2, 0) is 24.8 Å². The molecule has 0 saturated heterocycles. The summed E-state index contributed by atoms with van der Waals surface area (Å²) in [6.07, 6.45) is 0.307. The van der Waals surface area contributed by atoms with Gasteiger partial charge in [0, 0.05) is 18.7 Å². The van der Waals surface area contributed by atoms with Crippen molar-refractivity contribution in [1.82, 2.24) is 9.44 Å². The molecule has 0 fully saturated rings. The number of carbonyl (C=O) groups excluding carboxylic acids is 1. The molecular formula is C17H20FN3O5S2. The SMILES string of the molecule is CNS(=O)(=O)c1ccc(NC(=O)CCCNS(=O)(=O)c2ccc(F)cc2)cc1. The smallest absolute Gasteiger partial charge is 0.240 e. The summed E-state index contributed by atoms with van der Waals surface area (Å²) in [6.45, 7) is 0.0342. The number of hydrogen-bond donors (Lipinski definition) is 3. The number of carbonyl (C=O) groups is 1. The maximum atomic E-state index is 12.9. The van der Waals surface area contributed by atoms with Crippen LogP contribution in [0.5, 0.6) is 0 Å². The number of sulfonamides is 2. The number of anilines is 1. The number of hydrogen-bond acceptors (Lipinski definition) is 5. The molecule has 0 atom stereocenters. The summed E-state index contributed by atoms with van der Waals surface area (Å²) in [7, 11) is -6.01. The van der Waals surface area contributed by atoms with E-state index in [1.54, 1.807) is 0 Å². The number of rotatable bonds is 9. The van der Waals surface area contributed by atoms with Gasteiger partial charge in [-0.15, -0.1) is 0 Å². The Labute approximate surface area is 163 Å². The van der Waals surface area contributed by atoms with Gasteiger partial charge in [0.2, 0.25) is 26.0 Å². The Balaban J connectivity index is 1.80. The summed E-state index contributed by atoms with van der Waals surface area (Å²) in [4.78, 5) is 11.9. The summed E-state index contributed by atoms with van der Waals surface area (Å²) >= 11 is 0. The van der Waals surface area contributed by atoms with Crippen LogP contribution in [0.2, 0.25) is 0 Å². The Hall–Kier alpha value is -2.34. The molecule has 11 heteroatoms. The van der Waals surface area contributed by atoms with E-state index in [0.29, 0.717) is 5.69 Å². The second kappa shape index (κ2) is 9.24. The topological polar surface area (TPSA) is 121 Å². The monoisotopic (exact) mass is 429 g/mol. The zero-order valence-electron chi connectivity index (χ0n) is 15.0. The van der Waals surface area contributed by atoms with Gasteiger partial charge in [0.1, 0.15) is 5.82 Å². The Morgan fingerprint density at radius 2 is 1.43 bits per heavy atom. The maximum absolute atomic E-state index is 12.9. The molecular weight excluding hydrogens is 409 g/mol. The lowest BCUT2D eigenvalue weighted by Crippen LogP contribution is -2.25. The van der Waals surface area contributed by atoms with Crippen molar-refractivity contribution in [3.63, 3.8) is 0 Å². The molecule has 1 amide bonds. The van der Waals surface area contributed by atoms with Gasteiger partial charge in [-0.25, -0.2) is 30.7 Å². The minimum absolute atomic E-state index is 0.0342. The third-order valence-corrected chi connectivity index (χ3v) is 6.62. The minimum Gasteiger partial charge on any atom is -0.326 e. The van der Waals surface area contributed by atoms with Crippen LogP contribution in [-0.4, -0.2) is 36.3 Å². The molecule has 0 aliphatic carbocycles. The fourth-order valence-corrected chi connectivity index (χ4v) is 4.02. The number of benzene rings is 2. The normalized spacial score (nSPS) is 11.9. The molecule has 0 unspecified atom stereocenters. The number of halogens is 1. The lowest BCUT2D eigenvalue weighted by Gasteiger charge is -2.08. The van der Waals surface area contributed by atoms with Crippen LogP contribution < -0.4 is 14.8 Å². The van der Waals surface area contributed by atoms with Gasteiger partial charge in [-0.3, -0.25) is 4.79 Å². The van der Waals surface area contributed by atoms with Crippen molar-refractivity contribution in [2.45, 2.75) is 22.6 Å². The highest BCUT2D eigenvalue weighted by atomic mass is 32.2. The molecule has 0 saturated carbocycles. The fourth-order valence-electron chi connectivity index (χ4n) is 2.21. The van der Waals surface area contributed by atoms with E-state index < -0.39 is 25.9 Å². The van der Waals surface area contributed by atoms with Crippen LogP contribution in [0.4, 0.5) is 10.1 Å². The van der Waals surface area contributed by atoms with E-state index in [2.05, 4.69) is 14.8 Å². The average Bonchev–Trinajstić information content (AvgIpc) is 2.66. The third-order valence-electron chi connectivity index (χ3n) is 3.71. The van der Waals surface area contributed by atoms with Crippen molar-refractivity contribution < 1.29 is 26.0 Å². The first-order chi connectivity index (χ1) is 13.1. The summed E-state index contributed by atoms with van der Waals surface area (Å²) in [6, 6.07) is 10.0. The van der Waals surface area contributed by atoms with E-state index in [1.807, 2.05) is 0 Å². The highest BCUT2D eigenvalue weighted by Gasteiger charge is 2.14. The molecule has 0 spiro atoms. The van der Waals surface area contributed by atoms with Crippen molar-refractivity contribution in [3.05, 3.63) is 54.3 Å². The zero-order chi connectivity index (χ0) is 20.8. The largest absolute Gasteiger partial charge is 0.326 e. The fraction of sp³-hybridized carbons (Fsp3) is 0.235. The molecule has 8 nitrogen and oxygen atoms in total. The summed E-state index contributed by atoms with van der Waals surface area (Å²) in [5.41, 5.74) is 0.423. The van der Waals surface area contributed by atoms with Gasteiger partial charge in [0.05, 0.1) is 9.79 Å². The van der Waals surface area contributed by atoms with Crippen molar-refractivity contribution in [2.24, 2.45) is 0 Å². The van der Waals surface area contributed by atoms with Gasteiger partial charge < -0.3 is 5.32 Å². The Morgan fingerprint density at radius 3 is 2.00 bits per heavy atom. The highest BCUT2D eigenvalue weighted by molar-refractivity contribution is 7.89. The van der Waals surface area contributed by atoms with E-state index in [0.717, 1.165) is 24.3 Å². The van der Waals surface area contributed by atoms with Gasteiger partial charge >= 0.3 is 0 Å². The lowest BCUT2D eigenvalue weighted by molar-refractivity contribution is -0.116. The molecule has 0 radical (unpaired) electrons. The van der Waals surface area contributed by atoms with Gasteiger partial charge in [0.25, 0.3) is 0 Å². The van der Waals surface area contributed by atoms with E-state index in [9.17, 15) is 26.0 Å². The van der Waals surface area contributed by atoms with Crippen molar-refractivity contribution in [1.29, 1.82) is 0 Å². The molecule has 3 N–H and O–H groups in total. The lowest BCUT2D eigenvalue weighted by atomic mass is 10.2. The van der Waals surface area contributed by atoms with E-state index >= 15 is 0 Å². The van der Waals surface area contributed by atoms with Crippen LogP contribution in [0.3, 0.4) is 0 Å². The van der Waals surface area contributed by atoms with Gasteiger partial charge in [-0.05, 0) is 62.0 Å². The van der Waals surface area contributed by atoms with Crippen molar-refractivity contribution >= 4 is 31.6 Å². The van der Waals surface area contributed by atoms with Gasteiger partial charge in [-0.2, -0.15) is 0 Å². The van der Waals surface area contributed by atoms with E-state index in [1.165, 1.54) is 31.3 Å². The van der Waals surface area contributed by atoms with Gasteiger partial charge in [-0.1, -0.05) is 0 Å². The standard InChI is InChI=1S/C17H20FN3O5S2/c1-19-27(23,24)15-10-6-14(7-11-15)21-17(22)3-2-12-20-28(25,26)16-8-4-13(18)5-9-16/h4-11,19-20H,2-3,12H2,1H3,(H,21,22). The summed E-state index contributed by atoms with van der Waals surface area (Å²) in [5, 5.41) is 2.60. The molecule has 0 bridgehead atoms. The second-order valence-corrected chi connectivity index (χ2v) is 9.39. The van der Waals surface area contributed by atoms with Gasteiger partial charge in [0.15, 0.2) is 0 Å². The molecule has 0 aliphatic rings. The Morgan fingerprint density at radius 1 is 0.893 bits per heavy atom. The number of amides is 1. The first-order valence-electron chi connectivity index (χ1n) is 8.23. The highest BCUT2D eigenvalue weighted by Crippen LogP contribution is 2.14. The average molecular weight is 429 g/mol. The first-order valence-corrected chi connectivity index (χ1v) is 11.2. The van der Waals surface area contributed by atoms with Crippen LogP contribution in [0, 0.1) is 5.82 Å². The van der Waals surface area contributed by atoms with E-state index in [4.69, 9.17) is 0 Å². The minimum atomic E-state index is -3.77. The molecule has 152 valence electrons. The second-order valence-electron chi connectivity index (χ2n) is 5.74. The van der Waals surface area contributed by atoms with E-state index in [-0.39, 0.29) is 35.1 Å². The molecule has 28 heavy (non-hydrogen) atoms. The third kappa shape index (κ3) is 6.09. The predicted octanol–water partition coefficient (Wildman–Crippen LogP) is 1.43. The van der Waals surface area contributed by atoms with Crippen LogP contribution in [0.25, 0.3) is 0 Å². The van der Waals surface area contributed by atoms with Crippen LogP contribution in [0.15, 0.2) is 58.3 Å². The summed E-state index contributed by atoms with van der Waals surface area (Å²) < 4.78 is 64.7. The quantitative estimate of drug-likeness (QED) is 0.521. The molecule has 2 aromatic carbocycles. The van der Waals surface area contributed by atoms with Crippen LogP contribution >= 0.6 is 0 Å².